The molecule has 0 bridgehead atoms. The quantitative estimate of drug-likeness (QED) is 0.503. The van der Waals surface area contributed by atoms with Crippen molar-refractivity contribution in [2.45, 2.75) is 19.4 Å². The molecule has 0 atom stereocenters. The van der Waals surface area contributed by atoms with Crippen LogP contribution in [0.3, 0.4) is 0 Å². The highest BCUT2D eigenvalue weighted by Crippen LogP contribution is 2.19. The third-order valence-electron chi connectivity index (χ3n) is 4.70. The molecule has 0 spiro atoms. The number of nitrogens with one attached hydrogen (secondary N) is 1. The SMILES string of the molecule is O=C(NCCCc1nc2ccccc2n1Cc1ccccc1)c1cccnc1. The Morgan fingerprint density at radius 1 is 0.964 bits per heavy atom. The Hall–Kier alpha value is -3.47. The lowest BCUT2D eigenvalue weighted by atomic mass is 10.2. The Kier molecular flexibility index (Phi) is 5.43. The maximum Gasteiger partial charge on any atom is 0.252 e. The van der Waals surface area contributed by atoms with E-state index in [0.29, 0.717) is 12.1 Å². The van der Waals surface area contributed by atoms with Gasteiger partial charge in [0, 0.05) is 31.9 Å². The lowest BCUT2D eigenvalue weighted by Gasteiger charge is -2.10. The van der Waals surface area contributed by atoms with Crippen molar-refractivity contribution >= 4 is 16.9 Å². The summed E-state index contributed by atoms with van der Waals surface area (Å²) in [5.74, 6) is 0.951. The van der Waals surface area contributed by atoms with Crippen molar-refractivity contribution in [3.63, 3.8) is 0 Å². The van der Waals surface area contributed by atoms with Gasteiger partial charge in [-0.1, -0.05) is 42.5 Å². The van der Waals surface area contributed by atoms with Crippen LogP contribution in [0.25, 0.3) is 11.0 Å². The van der Waals surface area contributed by atoms with Crippen molar-refractivity contribution in [3.05, 3.63) is 96.1 Å². The predicted molar refractivity (Wildman–Crippen MR) is 110 cm³/mol. The molecule has 0 aliphatic rings. The number of rotatable bonds is 7. The first-order valence-corrected chi connectivity index (χ1v) is 9.47. The highest BCUT2D eigenvalue weighted by Gasteiger charge is 2.11. The molecule has 1 N–H and O–H groups in total. The minimum Gasteiger partial charge on any atom is -0.352 e. The number of hydrogen-bond acceptors (Lipinski definition) is 3. The van der Waals surface area contributed by atoms with Crippen LogP contribution in [0, 0.1) is 0 Å². The highest BCUT2D eigenvalue weighted by atomic mass is 16.1. The van der Waals surface area contributed by atoms with Gasteiger partial charge in [0.25, 0.3) is 5.91 Å². The number of amides is 1. The zero-order chi connectivity index (χ0) is 19.2. The molecule has 2 aromatic heterocycles. The number of carbonyl (C=O) groups is 1. The lowest BCUT2D eigenvalue weighted by Crippen LogP contribution is -2.25. The number of hydrogen-bond donors (Lipinski definition) is 1. The second-order valence-electron chi connectivity index (χ2n) is 6.69. The van der Waals surface area contributed by atoms with E-state index in [0.717, 1.165) is 36.2 Å². The second kappa shape index (κ2) is 8.48. The summed E-state index contributed by atoms with van der Waals surface area (Å²) in [6, 6.07) is 22.2. The lowest BCUT2D eigenvalue weighted by molar-refractivity contribution is 0.0953. The Balaban J connectivity index is 1.44. The molecule has 4 rings (SSSR count). The van der Waals surface area contributed by atoms with Crippen molar-refractivity contribution in [3.8, 4) is 0 Å². The van der Waals surface area contributed by atoms with Crippen LogP contribution in [0.1, 0.15) is 28.2 Å². The van der Waals surface area contributed by atoms with E-state index < -0.39 is 0 Å². The van der Waals surface area contributed by atoms with Gasteiger partial charge in [-0.25, -0.2) is 4.98 Å². The van der Waals surface area contributed by atoms with Crippen LogP contribution in [0.15, 0.2) is 79.1 Å². The van der Waals surface area contributed by atoms with Gasteiger partial charge in [-0.3, -0.25) is 9.78 Å². The number of benzene rings is 2. The molecule has 0 saturated heterocycles. The first kappa shape index (κ1) is 17.9. The van der Waals surface area contributed by atoms with Gasteiger partial charge in [0.05, 0.1) is 16.6 Å². The maximum atomic E-state index is 12.1. The number of pyridine rings is 1. The van der Waals surface area contributed by atoms with Gasteiger partial charge in [-0.05, 0) is 36.2 Å². The summed E-state index contributed by atoms with van der Waals surface area (Å²) in [5, 5.41) is 2.96. The zero-order valence-corrected chi connectivity index (χ0v) is 15.6. The normalized spacial score (nSPS) is 10.9. The highest BCUT2D eigenvalue weighted by molar-refractivity contribution is 5.93. The molecule has 0 aliphatic carbocycles. The van der Waals surface area contributed by atoms with E-state index in [2.05, 4.69) is 45.2 Å². The Bertz CT molecular complexity index is 1060. The van der Waals surface area contributed by atoms with Crippen LogP contribution in [-0.4, -0.2) is 27.0 Å². The fourth-order valence-corrected chi connectivity index (χ4v) is 3.31. The molecule has 0 radical (unpaired) electrons. The van der Waals surface area contributed by atoms with E-state index in [4.69, 9.17) is 4.98 Å². The third kappa shape index (κ3) is 4.09. The molecule has 5 heteroatoms. The molecule has 1 amide bonds. The number of carbonyl (C=O) groups excluding carboxylic acids is 1. The van der Waals surface area contributed by atoms with Crippen LogP contribution in [0.2, 0.25) is 0 Å². The Labute approximate surface area is 164 Å². The van der Waals surface area contributed by atoms with Gasteiger partial charge < -0.3 is 9.88 Å². The van der Waals surface area contributed by atoms with Crippen molar-refractivity contribution in [2.75, 3.05) is 6.54 Å². The van der Waals surface area contributed by atoms with Crippen LogP contribution >= 0.6 is 0 Å². The largest absolute Gasteiger partial charge is 0.352 e. The van der Waals surface area contributed by atoms with Gasteiger partial charge in [-0.15, -0.1) is 0 Å². The van der Waals surface area contributed by atoms with Crippen LogP contribution in [0.4, 0.5) is 0 Å². The summed E-state index contributed by atoms with van der Waals surface area (Å²) in [6.45, 7) is 1.39. The molecule has 4 aromatic rings. The van der Waals surface area contributed by atoms with Crippen molar-refractivity contribution in [2.24, 2.45) is 0 Å². The third-order valence-corrected chi connectivity index (χ3v) is 4.70. The predicted octanol–water partition coefficient (Wildman–Crippen LogP) is 3.84. The molecule has 0 fully saturated rings. The molecule has 0 aliphatic heterocycles. The zero-order valence-electron chi connectivity index (χ0n) is 15.6. The molecule has 0 unspecified atom stereocenters. The van der Waals surface area contributed by atoms with E-state index >= 15 is 0 Å². The minimum atomic E-state index is -0.0918. The first-order valence-electron chi connectivity index (χ1n) is 9.47. The minimum absolute atomic E-state index is 0.0918. The van der Waals surface area contributed by atoms with Gasteiger partial charge in [0.15, 0.2) is 0 Å². The number of fused-ring (bicyclic) bond motifs is 1. The van der Waals surface area contributed by atoms with Gasteiger partial charge in [0.1, 0.15) is 5.82 Å². The maximum absolute atomic E-state index is 12.1. The fraction of sp³-hybridized carbons (Fsp3) is 0.174. The van der Waals surface area contributed by atoms with Crippen LogP contribution in [-0.2, 0) is 13.0 Å². The van der Waals surface area contributed by atoms with E-state index in [1.165, 1.54) is 5.56 Å². The van der Waals surface area contributed by atoms with Gasteiger partial charge in [-0.2, -0.15) is 0 Å². The molecule has 0 saturated carbocycles. The first-order chi connectivity index (χ1) is 13.8. The van der Waals surface area contributed by atoms with Crippen molar-refractivity contribution in [1.82, 2.24) is 19.9 Å². The molecule has 2 aromatic carbocycles. The number of aromatic nitrogens is 3. The Morgan fingerprint density at radius 2 is 1.79 bits per heavy atom. The van der Waals surface area contributed by atoms with E-state index in [1.807, 2.05) is 24.3 Å². The fourth-order valence-electron chi connectivity index (χ4n) is 3.31. The molecule has 5 nitrogen and oxygen atoms in total. The van der Waals surface area contributed by atoms with Crippen molar-refractivity contribution < 1.29 is 4.79 Å². The number of aryl methyl sites for hydroxylation is 1. The summed E-state index contributed by atoms with van der Waals surface area (Å²) in [6.07, 6.45) is 4.86. The molecule has 140 valence electrons. The summed E-state index contributed by atoms with van der Waals surface area (Å²) in [7, 11) is 0. The summed E-state index contributed by atoms with van der Waals surface area (Å²) >= 11 is 0. The molecule has 28 heavy (non-hydrogen) atoms. The summed E-state index contributed by atoms with van der Waals surface area (Å²) in [4.78, 5) is 20.9. The van der Waals surface area contributed by atoms with Crippen molar-refractivity contribution in [1.29, 1.82) is 0 Å². The smallest absolute Gasteiger partial charge is 0.252 e. The average molecular weight is 370 g/mol. The monoisotopic (exact) mass is 370 g/mol. The van der Waals surface area contributed by atoms with Gasteiger partial charge in [0.2, 0.25) is 0 Å². The van der Waals surface area contributed by atoms with E-state index in [-0.39, 0.29) is 5.91 Å². The summed E-state index contributed by atoms with van der Waals surface area (Å²) < 4.78 is 2.27. The van der Waals surface area contributed by atoms with E-state index in [1.54, 1.807) is 24.5 Å². The Morgan fingerprint density at radius 3 is 2.61 bits per heavy atom. The number of nitrogens with zero attached hydrogens (tertiary/aromatic N) is 3. The topological polar surface area (TPSA) is 59.8 Å². The molecular formula is C23H22N4O. The standard InChI is InChI=1S/C23H22N4O/c28-23(19-10-6-14-24-16-19)25-15-7-13-22-26-20-11-4-5-12-21(20)27(22)17-18-8-2-1-3-9-18/h1-6,8-12,14,16H,7,13,15,17H2,(H,25,28). The number of imidazole rings is 1. The van der Waals surface area contributed by atoms with Gasteiger partial charge >= 0.3 is 0 Å². The summed E-state index contributed by atoms with van der Waals surface area (Å²) in [5.41, 5.74) is 3.98. The molecular weight excluding hydrogens is 348 g/mol. The average Bonchev–Trinajstić information content (AvgIpc) is 3.10. The van der Waals surface area contributed by atoms with Crippen LogP contribution < -0.4 is 5.32 Å². The second-order valence-corrected chi connectivity index (χ2v) is 6.69. The van der Waals surface area contributed by atoms with E-state index in [9.17, 15) is 4.79 Å². The number of para-hydroxylation sites is 2. The molecule has 2 heterocycles. The van der Waals surface area contributed by atoms with Crippen LogP contribution in [0.5, 0.6) is 0 Å².